The number of hydrogen-bond acceptors (Lipinski definition) is 1. The van der Waals surface area contributed by atoms with Gasteiger partial charge in [0.15, 0.2) is 0 Å². The average Bonchev–Trinajstić information content (AvgIpc) is 3.76. The molecule has 1 heterocycles. The molecule has 0 fully saturated rings. The van der Waals surface area contributed by atoms with Crippen LogP contribution in [0.25, 0.3) is 72.7 Å². The molecule has 10 rings (SSSR count). The standard InChI is InChI=1S/C46H32O/c1-28-43-33-20-11-14-32(33)26-39(40(43)27-41-34-15-9-10-21-42(34)47-46(28)41)45-37-18-7-5-16-35(37)44(36-17-6-8-19-38(36)45)31-24-22-30(23-25-31)29-12-3-2-4-13-29/h2-19,21-28,46H,20H2,1H3. The number of para-hydroxylation sites is 1. The van der Waals surface area contributed by atoms with Crippen molar-refractivity contribution < 1.29 is 4.74 Å². The molecule has 0 radical (unpaired) electrons. The Balaban J connectivity index is 1.26. The molecule has 2 atom stereocenters. The van der Waals surface area contributed by atoms with Gasteiger partial charge in [-0.1, -0.05) is 140 Å². The van der Waals surface area contributed by atoms with Crippen molar-refractivity contribution in [3.63, 3.8) is 0 Å². The molecule has 7 aromatic carbocycles. The topological polar surface area (TPSA) is 9.23 Å². The molecule has 0 saturated heterocycles. The van der Waals surface area contributed by atoms with Gasteiger partial charge >= 0.3 is 0 Å². The Morgan fingerprint density at radius 1 is 0.574 bits per heavy atom. The van der Waals surface area contributed by atoms with Crippen molar-refractivity contribution in [2.45, 2.75) is 25.4 Å². The van der Waals surface area contributed by atoms with Gasteiger partial charge in [-0.05, 0) is 102 Å². The third-order valence-electron chi connectivity index (χ3n) is 10.6. The van der Waals surface area contributed by atoms with Crippen LogP contribution < -0.4 is 4.74 Å². The van der Waals surface area contributed by atoms with Gasteiger partial charge in [-0.25, -0.2) is 0 Å². The fourth-order valence-electron chi connectivity index (χ4n) is 8.54. The molecule has 47 heavy (non-hydrogen) atoms. The summed E-state index contributed by atoms with van der Waals surface area (Å²) in [6.07, 6.45) is 8.12. The molecule has 1 nitrogen and oxygen atoms in total. The molecule has 7 aromatic rings. The summed E-state index contributed by atoms with van der Waals surface area (Å²) in [7, 11) is 0. The van der Waals surface area contributed by atoms with Gasteiger partial charge in [-0.3, -0.25) is 0 Å². The van der Waals surface area contributed by atoms with Gasteiger partial charge in [0.1, 0.15) is 11.9 Å². The average molecular weight is 601 g/mol. The zero-order valence-electron chi connectivity index (χ0n) is 26.2. The maximum Gasteiger partial charge on any atom is 0.131 e. The molecule has 1 aliphatic heterocycles. The molecule has 0 saturated carbocycles. The summed E-state index contributed by atoms with van der Waals surface area (Å²) < 4.78 is 6.64. The summed E-state index contributed by atoms with van der Waals surface area (Å²) >= 11 is 0. The number of hydrogen-bond donors (Lipinski definition) is 0. The largest absolute Gasteiger partial charge is 0.484 e. The monoisotopic (exact) mass is 600 g/mol. The summed E-state index contributed by atoms with van der Waals surface area (Å²) in [5.41, 5.74) is 15.7. The van der Waals surface area contributed by atoms with E-state index in [4.69, 9.17) is 4.74 Å². The van der Waals surface area contributed by atoms with E-state index in [1.54, 1.807) is 0 Å². The molecule has 2 aliphatic carbocycles. The lowest BCUT2D eigenvalue weighted by Gasteiger charge is -2.31. The predicted octanol–water partition coefficient (Wildman–Crippen LogP) is 12.0. The van der Waals surface area contributed by atoms with Crippen molar-refractivity contribution in [3.05, 3.63) is 167 Å². The summed E-state index contributed by atoms with van der Waals surface area (Å²) in [5, 5.41) is 5.13. The van der Waals surface area contributed by atoms with Crippen LogP contribution in [-0.4, -0.2) is 6.10 Å². The van der Waals surface area contributed by atoms with E-state index in [0.717, 1.165) is 12.2 Å². The lowest BCUT2D eigenvalue weighted by atomic mass is 9.74. The SMILES string of the molecule is CC1c2c(c(-c3c4ccccc4c(-c4ccc(-c5ccccc5)cc4)c4ccccc34)cc3c2CC=C3)C=C2c3ccccc3OC21. The van der Waals surface area contributed by atoms with E-state index >= 15 is 0 Å². The normalized spacial score (nSPS) is 17.2. The maximum absolute atomic E-state index is 6.64. The lowest BCUT2D eigenvalue weighted by molar-refractivity contribution is 0.247. The lowest BCUT2D eigenvalue weighted by Crippen LogP contribution is -2.25. The number of benzene rings is 7. The molecular formula is C46H32O. The van der Waals surface area contributed by atoms with Gasteiger partial charge in [0.2, 0.25) is 0 Å². The number of allylic oxidation sites excluding steroid dienone is 1. The first kappa shape index (κ1) is 26.5. The minimum atomic E-state index is 0.0366. The Labute approximate surface area is 275 Å². The second-order valence-electron chi connectivity index (χ2n) is 13.1. The molecule has 0 aromatic heterocycles. The maximum atomic E-state index is 6.64. The van der Waals surface area contributed by atoms with E-state index in [-0.39, 0.29) is 12.0 Å². The molecule has 1 heteroatoms. The quantitative estimate of drug-likeness (QED) is 0.183. The number of fused-ring (bicyclic) bond motifs is 8. The zero-order valence-corrected chi connectivity index (χ0v) is 26.2. The fourth-order valence-corrected chi connectivity index (χ4v) is 8.54. The first-order valence-electron chi connectivity index (χ1n) is 16.7. The summed E-state index contributed by atoms with van der Waals surface area (Å²) in [6, 6.07) is 48.8. The van der Waals surface area contributed by atoms with Crippen molar-refractivity contribution in [3.8, 4) is 39.1 Å². The highest BCUT2D eigenvalue weighted by atomic mass is 16.5. The zero-order chi connectivity index (χ0) is 31.1. The fraction of sp³-hybridized carbons (Fsp3) is 0.0870. The first-order valence-corrected chi connectivity index (χ1v) is 16.7. The third-order valence-corrected chi connectivity index (χ3v) is 10.6. The van der Waals surface area contributed by atoms with Crippen molar-refractivity contribution >= 4 is 39.3 Å². The van der Waals surface area contributed by atoms with Crippen molar-refractivity contribution in [2.24, 2.45) is 0 Å². The predicted molar refractivity (Wildman–Crippen MR) is 198 cm³/mol. The third kappa shape index (κ3) is 3.90. The first-order chi connectivity index (χ1) is 23.2. The highest BCUT2D eigenvalue weighted by Gasteiger charge is 2.40. The van der Waals surface area contributed by atoms with E-state index in [2.05, 4.69) is 159 Å². The Morgan fingerprint density at radius 2 is 1.17 bits per heavy atom. The van der Waals surface area contributed by atoms with Crippen LogP contribution in [0.5, 0.6) is 5.75 Å². The molecule has 3 aliphatic rings. The Morgan fingerprint density at radius 3 is 1.89 bits per heavy atom. The van der Waals surface area contributed by atoms with Gasteiger partial charge < -0.3 is 4.74 Å². The smallest absolute Gasteiger partial charge is 0.131 e. The van der Waals surface area contributed by atoms with Crippen LogP contribution in [0.1, 0.15) is 40.7 Å². The van der Waals surface area contributed by atoms with Crippen molar-refractivity contribution in [1.82, 2.24) is 0 Å². The van der Waals surface area contributed by atoms with Crippen LogP contribution in [0.3, 0.4) is 0 Å². The van der Waals surface area contributed by atoms with Gasteiger partial charge in [-0.15, -0.1) is 0 Å². The van der Waals surface area contributed by atoms with E-state index in [0.29, 0.717) is 0 Å². The Bertz CT molecular complexity index is 2400. The van der Waals surface area contributed by atoms with Crippen LogP contribution in [0.15, 0.2) is 140 Å². The van der Waals surface area contributed by atoms with E-state index in [1.165, 1.54) is 88.3 Å². The Hall–Kier alpha value is -5.66. The van der Waals surface area contributed by atoms with Crippen LogP contribution >= 0.6 is 0 Å². The summed E-state index contributed by atoms with van der Waals surface area (Å²) in [6.45, 7) is 2.36. The van der Waals surface area contributed by atoms with E-state index in [1.807, 2.05) is 0 Å². The van der Waals surface area contributed by atoms with Crippen LogP contribution in [0, 0.1) is 0 Å². The van der Waals surface area contributed by atoms with Crippen LogP contribution in [0.2, 0.25) is 0 Å². The van der Waals surface area contributed by atoms with Crippen molar-refractivity contribution in [2.75, 3.05) is 0 Å². The highest BCUT2D eigenvalue weighted by Crippen LogP contribution is 2.53. The van der Waals surface area contributed by atoms with Gasteiger partial charge in [0.05, 0.1) is 0 Å². The summed E-state index contributed by atoms with van der Waals surface area (Å²) in [5.74, 6) is 1.24. The molecule has 0 spiro atoms. The van der Waals surface area contributed by atoms with Crippen LogP contribution in [0.4, 0.5) is 0 Å². The van der Waals surface area contributed by atoms with Crippen LogP contribution in [-0.2, 0) is 6.42 Å². The molecular weight excluding hydrogens is 569 g/mol. The van der Waals surface area contributed by atoms with Gasteiger partial charge in [0, 0.05) is 17.1 Å². The number of ether oxygens (including phenoxy) is 1. The molecule has 222 valence electrons. The minimum Gasteiger partial charge on any atom is -0.484 e. The van der Waals surface area contributed by atoms with Gasteiger partial charge in [0.25, 0.3) is 0 Å². The molecule has 0 bridgehead atoms. The second kappa shape index (κ2) is 10.2. The summed E-state index contributed by atoms with van der Waals surface area (Å²) in [4.78, 5) is 0. The molecule has 2 unspecified atom stereocenters. The molecule has 0 amide bonds. The second-order valence-corrected chi connectivity index (χ2v) is 13.1. The molecule has 0 N–H and O–H groups in total. The Kier molecular flexibility index (Phi) is 5.75. The highest BCUT2D eigenvalue weighted by molar-refractivity contribution is 6.22. The van der Waals surface area contributed by atoms with E-state index < -0.39 is 0 Å². The minimum absolute atomic E-state index is 0.0366. The van der Waals surface area contributed by atoms with E-state index in [9.17, 15) is 0 Å². The van der Waals surface area contributed by atoms with Gasteiger partial charge in [-0.2, -0.15) is 0 Å². The number of rotatable bonds is 3. The van der Waals surface area contributed by atoms with Crippen molar-refractivity contribution in [1.29, 1.82) is 0 Å².